The molecule has 8 atom stereocenters. The molecular weight excluding hydrogens is 1980 g/mol. The maximum atomic E-state index is 14.7. The molecule has 12 aromatic carbocycles. The first kappa shape index (κ1) is 111. The Kier molecular flexibility index (Phi) is 36.9. The Morgan fingerprint density at radius 2 is 0.418 bits per heavy atom. The van der Waals surface area contributed by atoms with Crippen LogP contribution in [0.3, 0.4) is 0 Å². The molecule has 780 valence electrons. The number of alkyl halides is 8. The summed E-state index contributed by atoms with van der Waals surface area (Å²) in [6.07, 6.45) is 0.171. The van der Waals surface area contributed by atoms with Gasteiger partial charge in [0, 0.05) is 48.5 Å². The van der Waals surface area contributed by atoms with E-state index in [1.54, 1.807) is 97.1 Å². The van der Waals surface area contributed by atoms with E-state index in [9.17, 15) is 123 Å². The molecule has 0 amide bonds. The van der Waals surface area contributed by atoms with Crippen molar-refractivity contribution in [2.75, 3.05) is 26.4 Å². The van der Waals surface area contributed by atoms with Crippen LogP contribution in [0.15, 0.2) is 194 Å². The second-order valence-corrected chi connectivity index (χ2v) is 35.9. The van der Waals surface area contributed by atoms with Gasteiger partial charge in [-0.05, 0) is 210 Å². The summed E-state index contributed by atoms with van der Waals surface area (Å²) in [7, 11) is 0. The first-order valence-electron chi connectivity index (χ1n) is 47.1. The van der Waals surface area contributed by atoms with E-state index in [1.165, 1.54) is 25.7 Å². The van der Waals surface area contributed by atoms with E-state index >= 15 is 0 Å². The zero-order chi connectivity index (χ0) is 106. The summed E-state index contributed by atoms with van der Waals surface area (Å²) in [5.41, 5.74) is -1.79. The molecule has 0 spiro atoms. The van der Waals surface area contributed by atoms with Crippen molar-refractivity contribution >= 4 is 0 Å². The van der Waals surface area contributed by atoms with Gasteiger partial charge < -0.3 is 37.9 Å². The molecule has 0 saturated carbocycles. The van der Waals surface area contributed by atoms with E-state index < -0.39 is 186 Å². The number of hydrogen-bond donors (Lipinski definition) is 0. The molecule has 0 aromatic heterocycles. The Labute approximate surface area is 821 Å². The van der Waals surface area contributed by atoms with E-state index in [1.807, 2.05) is 0 Å². The lowest BCUT2D eigenvalue weighted by atomic mass is 9.90. The second-order valence-electron chi connectivity index (χ2n) is 35.9. The van der Waals surface area contributed by atoms with Crippen molar-refractivity contribution in [2.45, 2.75) is 192 Å². The maximum Gasteiger partial charge on any atom is 0.432 e. The number of ether oxygens (including phenoxy) is 8. The minimum absolute atomic E-state index is 0.000538. The quantitative estimate of drug-likeness (QED) is 0.0250. The summed E-state index contributed by atoms with van der Waals surface area (Å²) >= 11 is 0. The molecular formula is C110H96F28O8. The molecule has 0 aliphatic carbocycles. The van der Waals surface area contributed by atoms with Gasteiger partial charge in [-0.15, -0.1) is 0 Å². The van der Waals surface area contributed by atoms with E-state index in [0.29, 0.717) is 121 Å². The Balaban J connectivity index is 0.000000163. The smallest absolute Gasteiger partial charge is 0.429 e. The van der Waals surface area contributed by atoms with Gasteiger partial charge in [0.05, 0.1) is 50.8 Å². The summed E-state index contributed by atoms with van der Waals surface area (Å²) in [6, 6.07) is 34.0. The van der Waals surface area contributed by atoms with Crippen LogP contribution in [0.5, 0.6) is 23.0 Å². The molecule has 8 nitrogen and oxygen atoms in total. The Hall–Kier alpha value is -12.3. The molecule has 12 aromatic rings. The largest absolute Gasteiger partial charge is 0.432 e. The highest BCUT2D eigenvalue weighted by atomic mass is 19.3. The first-order chi connectivity index (χ1) is 69.3. The van der Waals surface area contributed by atoms with Gasteiger partial charge in [-0.1, -0.05) is 170 Å². The number of rotatable bonds is 30. The van der Waals surface area contributed by atoms with Crippen LogP contribution in [0.2, 0.25) is 0 Å². The van der Waals surface area contributed by atoms with Crippen LogP contribution >= 0.6 is 0 Å². The van der Waals surface area contributed by atoms with Gasteiger partial charge in [-0.25, -0.2) is 87.8 Å². The van der Waals surface area contributed by atoms with Crippen LogP contribution in [-0.4, -0.2) is 26.4 Å². The van der Waals surface area contributed by atoms with Crippen molar-refractivity contribution < 1.29 is 161 Å². The molecule has 146 heavy (non-hydrogen) atoms. The number of benzene rings is 12. The predicted molar refractivity (Wildman–Crippen MR) is 485 cm³/mol. The number of hydrogen-bond acceptors (Lipinski definition) is 8. The third-order valence-electron chi connectivity index (χ3n) is 25.5. The van der Waals surface area contributed by atoms with Gasteiger partial charge in [-0.2, -0.15) is 35.1 Å². The summed E-state index contributed by atoms with van der Waals surface area (Å²) in [6.45, 7) is 11.2. The first-order valence-corrected chi connectivity index (χ1v) is 47.1. The van der Waals surface area contributed by atoms with Crippen LogP contribution in [0.25, 0.3) is 44.5 Å². The molecule has 4 aliphatic heterocycles. The molecule has 4 saturated heterocycles. The zero-order valence-electron chi connectivity index (χ0n) is 78.5. The van der Waals surface area contributed by atoms with Crippen LogP contribution < -0.4 is 18.9 Å². The average molecular weight is 2080 g/mol. The van der Waals surface area contributed by atoms with Crippen LogP contribution in [0.1, 0.15) is 212 Å². The molecule has 4 aliphatic rings. The Bertz CT molecular complexity index is 6270. The molecule has 8 unspecified atom stereocenters. The molecule has 0 N–H and O–H groups in total. The SMILES string of the molecule is CCC1CCC(c2ccc(-c3cc(F)c(C(F)(F)Oc4cc(F)c(F)c(F)c4)c(F)c3)cc2)OC1.CCCC1CCC(c2ccc(-c3cc(F)c(C(F)(F)Oc4cc(F)c(F)c(F)c4)c(F)c3)cc2)OC1.CCCCC1CCC(c2ccc(-c3cc(F)c(C(F)(F)Oc4cc(F)c(F)c(F)c4)c(F)c3)cc2)OC1.CCCCCC1CCC(c2ccc(-c3cc(F)c(C(F)(F)Oc4cc(F)c(F)c(F)c4)c(F)c3)cc2)OC1. The van der Waals surface area contributed by atoms with Gasteiger partial charge in [0.2, 0.25) is 0 Å². The summed E-state index contributed by atoms with van der Waals surface area (Å²) in [5, 5.41) is 0. The van der Waals surface area contributed by atoms with E-state index in [-0.39, 0.29) is 95.2 Å². The fraction of sp³-hybridized carbons (Fsp3) is 0.345. The third-order valence-corrected chi connectivity index (χ3v) is 25.5. The molecule has 0 bridgehead atoms. The highest BCUT2D eigenvalue weighted by Crippen LogP contribution is 2.47. The number of halogens is 28. The highest BCUT2D eigenvalue weighted by Gasteiger charge is 2.47. The molecule has 4 fully saturated rings. The fourth-order valence-corrected chi connectivity index (χ4v) is 17.7. The minimum Gasteiger partial charge on any atom is -0.429 e. The Morgan fingerprint density at radius 1 is 0.219 bits per heavy atom. The Morgan fingerprint density at radius 3 is 0.603 bits per heavy atom. The van der Waals surface area contributed by atoms with Crippen LogP contribution in [-0.2, 0) is 43.4 Å². The van der Waals surface area contributed by atoms with E-state index in [4.69, 9.17) is 18.9 Å². The van der Waals surface area contributed by atoms with Gasteiger partial charge >= 0.3 is 24.4 Å². The summed E-state index contributed by atoms with van der Waals surface area (Å²) in [5.74, 6) is -37.3. The van der Waals surface area contributed by atoms with Crippen molar-refractivity contribution in [3.8, 4) is 67.5 Å². The lowest BCUT2D eigenvalue weighted by Gasteiger charge is -2.29. The zero-order valence-corrected chi connectivity index (χ0v) is 78.5. The van der Waals surface area contributed by atoms with Crippen molar-refractivity contribution in [1.82, 2.24) is 0 Å². The molecule has 0 radical (unpaired) electrons. The standard InChI is InChI=1S/C29H27F7O2.C28H25F7O2.C27H23F7O2.C26H21F7O2/c1-2-3-4-5-17-6-11-26(37-16-17)19-9-7-18(8-10-19)20-12-22(30)27(23(31)13-20)29(35,36)38-21-14-24(32)28(34)25(33)15-21;1-2-3-4-16-5-10-25(36-15-16)18-8-6-17(7-9-18)19-11-21(29)26(22(30)12-19)28(34,35)37-20-13-23(31)27(33)24(32)14-20;1-2-3-15-4-9-24(35-14-15)17-7-5-16(6-8-17)18-10-20(28)25(21(29)11-18)27(33,34)36-19-12-22(30)26(32)23(31)13-19;1-2-14-3-8-23(34-13-14)16-6-4-15(5-7-16)17-9-19(27)24(20(28)10-17)26(32,33)35-18-11-21(29)25(31)22(30)12-18/h7-10,12-15,17,26H,2-6,11,16H2,1H3;6-9,11-14,16,25H,2-5,10,15H2,1H3;5-8,10-13,15,24H,2-4,9,14H2,1H3;4-7,9-12,14,23H,2-3,8,13H2,1H3. The van der Waals surface area contributed by atoms with Crippen molar-refractivity contribution in [3.63, 3.8) is 0 Å². The van der Waals surface area contributed by atoms with Crippen molar-refractivity contribution in [1.29, 1.82) is 0 Å². The van der Waals surface area contributed by atoms with Crippen molar-refractivity contribution in [2.24, 2.45) is 23.7 Å². The third kappa shape index (κ3) is 27.6. The summed E-state index contributed by atoms with van der Waals surface area (Å²) < 4.78 is 433. The van der Waals surface area contributed by atoms with Gasteiger partial charge in [0.1, 0.15) is 91.8 Å². The molecule has 4 heterocycles. The van der Waals surface area contributed by atoms with E-state index in [2.05, 4.69) is 46.6 Å². The maximum absolute atomic E-state index is 14.7. The highest BCUT2D eigenvalue weighted by molar-refractivity contribution is 5.68. The number of unbranched alkanes of at least 4 members (excludes halogenated alkanes) is 3. The van der Waals surface area contributed by atoms with Crippen LogP contribution in [0, 0.1) is 140 Å². The topological polar surface area (TPSA) is 73.8 Å². The lowest BCUT2D eigenvalue weighted by molar-refractivity contribution is -0.190. The minimum atomic E-state index is -4.64. The predicted octanol–water partition coefficient (Wildman–Crippen LogP) is 34.6. The second kappa shape index (κ2) is 48.6. The summed E-state index contributed by atoms with van der Waals surface area (Å²) in [4.78, 5) is 0. The van der Waals surface area contributed by atoms with Gasteiger partial charge in [0.15, 0.2) is 69.8 Å². The normalized spacial score (nSPS) is 18.2. The monoisotopic (exact) mass is 2080 g/mol. The molecule has 36 heteroatoms. The van der Waals surface area contributed by atoms with Gasteiger partial charge in [0.25, 0.3) is 0 Å². The molecule has 16 rings (SSSR count). The lowest BCUT2D eigenvalue weighted by Crippen LogP contribution is -2.25. The van der Waals surface area contributed by atoms with Crippen molar-refractivity contribution in [3.05, 3.63) is 355 Å². The van der Waals surface area contributed by atoms with Crippen LogP contribution in [0.4, 0.5) is 123 Å². The van der Waals surface area contributed by atoms with Gasteiger partial charge in [-0.3, -0.25) is 0 Å². The van der Waals surface area contributed by atoms with E-state index in [0.717, 1.165) is 112 Å². The fourth-order valence-electron chi connectivity index (χ4n) is 17.7. The average Bonchev–Trinajstić information content (AvgIpc) is 0.784.